The van der Waals surface area contributed by atoms with Gasteiger partial charge in [-0.15, -0.1) is 0 Å². The molecule has 0 bridgehead atoms. The summed E-state index contributed by atoms with van der Waals surface area (Å²) in [7, 11) is 4.09. The van der Waals surface area contributed by atoms with Crippen molar-refractivity contribution in [3.05, 3.63) is 23.2 Å². The van der Waals surface area contributed by atoms with Gasteiger partial charge >= 0.3 is 0 Å². The number of nitrogens with zero attached hydrogens (tertiary/aromatic N) is 1. The fraction of sp³-hybridized carbons (Fsp3) is 0.714. The summed E-state index contributed by atoms with van der Waals surface area (Å²) in [5.41, 5.74) is 1.22. The van der Waals surface area contributed by atoms with Crippen LogP contribution in [-0.2, 0) is 17.9 Å². The summed E-state index contributed by atoms with van der Waals surface area (Å²) < 4.78 is 11.4. The van der Waals surface area contributed by atoms with E-state index in [1.807, 2.05) is 14.1 Å². The van der Waals surface area contributed by atoms with Crippen molar-refractivity contribution >= 4 is 0 Å². The number of hydrogen-bond donors (Lipinski definition) is 1. The lowest BCUT2D eigenvalue weighted by Gasteiger charge is -2.08. The summed E-state index contributed by atoms with van der Waals surface area (Å²) in [6.07, 6.45) is 2.61. The summed E-state index contributed by atoms with van der Waals surface area (Å²) in [6.45, 7) is 5.18. The number of furan rings is 1. The second-order valence-electron chi connectivity index (χ2n) is 5.33. The van der Waals surface area contributed by atoms with Crippen LogP contribution < -0.4 is 5.32 Å². The number of rotatable bonds is 8. The maximum Gasteiger partial charge on any atom is 0.130 e. The third-order valence-corrected chi connectivity index (χ3v) is 3.13. The Morgan fingerprint density at radius 2 is 2.22 bits per heavy atom. The maximum atomic E-state index is 5.80. The van der Waals surface area contributed by atoms with E-state index in [2.05, 4.69) is 23.2 Å². The number of hydrogen-bond acceptors (Lipinski definition) is 4. The molecule has 1 saturated carbocycles. The van der Waals surface area contributed by atoms with Gasteiger partial charge in [-0.05, 0) is 45.5 Å². The Morgan fingerprint density at radius 1 is 1.44 bits per heavy atom. The Labute approximate surface area is 109 Å². The van der Waals surface area contributed by atoms with Crippen molar-refractivity contribution < 1.29 is 9.15 Å². The monoisotopic (exact) mass is 252 g/mol. The highest BCUT2D eigenvalue weighted by Crippen LogP contribution is 2.21. The van der Waals surface area contributed by atoms with Gasteiger partial charge in [-0.3, -0.25) is 0 Å². The van der Waals surface area contributed by atoms with E-state index >= 15 is 0 Å². The summed E-state index contributed by atoms with van der Waals surface area (Å²) in [5, 5.41) is 3.47. The first kappa shape index (κ1) is 13.6. The Balaban J connectivity index is 1.72. The minimum atomic E-state index is 0.568. The van der Waals surface area contributed by atoms with Gasteiger partial charge in [0.2, 0.25) is 0 Å². The SMILES string of the molecule is Cc1cc(COCCN(C)C)oc1CNC1CC1. The first-order chi connectivity index (χ1) is 8.65. The Kier molecular flexibility index (Phi) is 4.80. The summed E-state index contributed by atoms with van der Waals surface area (Å²) in [5.74, 6) is 1.98. The molecule has 4 nitrogen and oxygen atoms in total. The number of nitrogens with one attached hydrogen (secondary N) is 1. The zero-order valence-corrected chi connectivity index (χ0v) is 11.7. The third-order valence-electron chi connectivity index (χ3n) is 3.13. The second-order valence-corrected chi connectivity index (χ2v) is 5.33. The van der Waals surface area contributed by atoms with E-state index in [0.717, 1.165) is 31.2 Å². The van der Waals surface area contributed by atoms with Crippen molar-refractivity contribution in [2.45, 2.75) is 39.0 Å². The average Bonchev–Trinajstić information content (AvgIpc) is 3.07. The molecule has 0 saturated heterocycles. The molecule has 1 fully saturated rings. The fourth-order valence-corrected chi connectivity index (χ4v) is 1.78. The predicted octanol–water partition coefficient (Wildman–Crippen LogP) is 1.92. The highest BCUT2D eigenvalue weighted by molar-refractivity contribution is 5.19. The average molecular weight is 252 g/mol. The zero-order valence-electron chi connectivity index (χ0n) is 11.7. The van der Waals surface area contributed by atoms with Crippen molar-refractivity contribution in [3.8, 4) is 0 Å². The molecular weight excluding hydrogens is 228 g/mol. The van der Waals surface area contributed by atoms with Gasteiger partial charge in [0.05, 0.1) is 13.2 Å². The van der Waals surface area contributed by atoms with Crippen molar-refractivity contribution in [1.29, 1.82) is 0 Å². The normalized spacial score (nSPS) is 15.6. The van der Waals surface area contributed by atoms with Gasteiger partial charge < -0.3 is 19.4 Å². The topological polar surface area (TPSA) is 37.6 Å². The number of likely N-dealkylation sites (N-methyl/N-ethyl adjacent to an activating group) is 1. The van der Waals surface area contributed by atoms with E-state index in [4.69, 9.17) is 9.15 Å². The minimum Gasteiger partial charge on any atom is -0.462 e. The number of ether oxygens (including phenoxy) is 1. The first-order valence-corrected chi connectivity index (χ1v) is 6.69. The molecule has 0 amide bonds. The van der Waals surface area contributed by atoms with Crippen molar-refractivity contribution in [2.24, 2.45) is 0 Å². The van der Waals surface area contributed by atoms with E-state index in [0.29, 0.717) is 12.6 Å². The zero-order chi connectivity index (χ0) is 13.0. The fourth-order valence-electron chi connectivity index (χ4n) is 1.78. The van der Waals surface area contributed by atoms with Gasteiger partial charge in [-0.2, -0.15) is 0 Å². The molecule has 1 aliphatic rings. The van der Waals surface area contributed by atoms with Gasteiger partial charge in [0, 0.05) is 12.6 Å². The van der Waals surface area contributed by atoms with E-state index in [1.54, 1.807) is 0 Å². The third kappa shape index (κ3) is 4.44. The molecule has 2 rings (SSSR count). The largest absolute Gasteiger partial charge is 0.462 e. The lowest BCUT2D eigenvalue weighted by molar-refractivity contribution is 0.0918. The van der Waals surface area contributed by atoms with Crippen LogP contribution in [0.15, 0.2) is 10.5 Å². The van der Waals surface area contributed by atoms with Crippen LogP contribution in [0.2, 0.25) is 0 Å². The van der Waals surface area contributed by atoms with Crippen LogP contribution in [0.1, 0.15) is 29.9 Å². The van der Waals surface area contributed by atoms with E-state index in [9.17, 15) is 0 Å². The molecule has 1 aliphatic carbocycles. The maximum absolute atomic E-state index is 5.80. The van der Waals surface area contributed by atoms with Gasteiger partial charge in [0.25, 0.3) is 0 Å². The Hall–Kier alpha value is -0.840. The van der Waals surface area contributed by atoms with Gasteiger partial charge in [0.15, 0.2) is 0 Å². The Bertz CT molecular complexity index is 370. The molecule has 0 aliphatic heterocycles. The molecule has 0 aromatic carbocycles. The molecule has 0 radical (unpaired) electrons. The van der Waals surface area contributed by atoms with E-state index in [1.165, 1.54) is 18.4 Å². The van der Waals surface area contributed by atoms with Crippen LogP contribution in [0, 0.1) is 6.92 Å². The molecule has 0 atom stereocenters. The molecule has 18 heavy (non-hydrogen) atoms. The molecule has 1 aromatic rings. The molecule has 1 heterocycles. The van der Waals surface area contributed by atoms with Crippen LogP contribution in [0.25, 0.3) is 0 Å². The van der Waals surface area contributed by atoms with Crippen molar-refractivity contribution in [1.82, 2.24) is 10.2 Å². The van der Waals surface area contributed by atoms with Gasteiger partial charge in [-0.1, -0.05) is 0 Å². The summed E-state index contributed by atoms with van der Waals surface area (Å²) >= 11 is 0. The van der Waals surface area contributed by atoms with Crippen LogP contribution >= 0.6 is 0 Å². The van der Waals surface area contributed by atoms with Crippen LogP contribution in [-0.4, -0.2) is 38.2 Å². The molecule has 1 N–H and O–H groups in total. The molecule has 0 unspecified atom stereocenters. The highest BCUT2D eigenvalue weighted by Gasteiger charge is 2.21. The van der Waals surface area contributed by atoms with E-state index in [-0.39, 0.29) is 0 Å². The molecule has 102 valence electrons. The quantitative estimate of drug-likeness (QED) is 0.717. The van der Waals surface area contributed by atoms with Gasteiger partial charge in [0.1, 0.15) is 18.1 Å². The lowest BCUT2D eigenvalue weighted by atomic mass is 10.2. The summed E-state index contributed by atoms with van der Waals surface area (Å²) in [4.78, 5) is 2.11. The van der Waals surface area contributed by atoms with Crippen molar-refractivity contribution in [2.75, 3.05) is 27.2 Å². The molecular formula is C14H24N2O2. The summed E-state index contributed by atoms with van der Waals surface area (Å²) in [6, 6.07) is 2.80. The smallest absolute Gasteiger partial charge is 0.130 e. The highest BCUT2D eigenvalue weighted by atomic mass is 16.5. The van der Waals surface area contributed by atoms with Crippen LogP contribution in [0.3, 0.4) is 0 Å². The molecule has 1 aromatic heterocycles. The van der Waals surface area contributed by atoms with Crippen LogP contribution in [0.5, 0.6) is 0 Å². The first-order valence-electron chi connectivity index (χ1n) is 6.69. The van der Waals surface area contributed by atoms with Gasteiger partial charge in [-0.25, -0.2) is 0 Å². The predicted molar refractivity (Wildman–Crippen MR) is 71.5 cm³/mol. The number of aryl methyl sites for hydroxylation is 1. The van der Waals surface area contributed by atoms with Crippen LogP contribution in [0.4, 0.5) is 0 Å². The van der Waals surface area contributed by atoms with E-state index < -0.39 is 0 Å². The standard InChI is InChI=1S/C14H24N2O2/c1-11-8-13(10-17-7-6-16(2)3)18-14(11)9-15-12-4-5-12/h8,12,15H,4-7,9-10H2,1-3H3. The Morgan fingerprint density at radius 3 is 2.89 bits per heavy atom. The lowest BCUT2D eigenvalue weighted by Crippen LogP contribution is -2.17. The minimum absolute atomic E-state index is 0.568. The molecule has 4 heteroatoms. The second kappa shape index (κ2) is 6.36. The molecule has 0 spiro atoms. The van der Waals surface area contributed by atoms with Crippen molar-refractivity contribution in [3.63, 3.8) is 0 Å².